The Morgan fingerprint density at radius 3 is 2.85 bits per heavy atom. The highest BCUT2D eigenvalue weighted by atomic mass is 35.5. The van der Waals surface area contributed by atoms with Crippen LogP contribution in [0.3, 0.4) is 0 Å². The number of nitrogens with one attached hydrogen (secondary N) is 1. The van der Waals surface area contributed by atoms with Crippen molar-refractivity contribution in [2.24, 2.45) is 5.92 Å². The number of halogens is 1. The molecule has 1 unspecified atom stereocenters. The van der Waals surface area contributed by atoms with Crippen LogP contribution in [0.1, 0.15) is 18.4 Å². The quantitative estimate of drug-likeness (QED) is 0.899. The summed E-state index contributed by atoms with van der Waals surface area (Å²) >= 11 is 6.02. The molecule has 1 aromatic carbocycles. The van der Waals surface area contributed by atoms with E-state index in [0.29, 0.717) is 24.5 Å². The summed E-state index contributed by atoms with van der Waals surface area (Å²) in [5.74, 6) is -1.30. The summed E-state index contributed by atoms with van der Waals surface area (Å²) in [5, 5.41) is 12.4. The van der Waals surface area contributed by atoms with Gasteiger partial charge in [-0.2, -0.15) is 0 Å². The summed E-state index contributed by atoms with van der Waals surface area (Å²) in [7, 11) is 0. The molecule has 6 heteroatoms. The lowest BCUT2D eigenvalue weighted by Gasteiger charge is -2.30. The third-order valence-electron chi connectivity index (χ3n) is 3.45. The molecule has 1 aliphatic rings. The zero-order valence-electron chi connectivity index (χ0n) is 11.0. The predicted molar refractivity (Wildman–Crippen MR) is 75.6 cm³/mol. The van der Waals surface area contributed by atoms with Gasteiger partial charge in [-0.3, -0.25) is 4.79 Å². The number of hydrogen-bond acceptors (Lipinski definition) is 2. The van der Waals surface area contributed by atoms with Gasteiger partial charge in [-0.05, 0) is 24.5 Å². The molecule has 1 fully saturated rings. The third-order valence-corrected chi connectivity index (χ3v) is 3.81. The van der Waals surface area contributed by atoms with Crippen molar-refractivity contribution in [2.45, 2.75) is 19.4 Å². The summed E-state index contributed by atoms with van der Waals surface area (Å²) in [6.07, 6.45) is 1.35. The van der Waals surface area contributed by atoms with Crippen molar-refractivity contribution in [3.8, 4) is 0 Å². The molecule has 0 aromatic heterocycles. The minimum absolute atomic E-state index is 0.240. The number of benzene rings is 1. The molecule has 20 heavy (non-hydrogen) atoms. The normalized spacial score (nSPS) is 18.6. The van der Waals surface area contributed by atoms with Gasteiger partial charge in [0.1, 0.15) is 0 Å². The van der Waals surface area contributed by atoms with Crippen LogP contribution in [-0.4, -0.2) is 35.1 Å². The van der Waals surface area contributed by atoms with Gasteiger partial charge in [0, 0.05) is 24.7 Å². The topological polar surface area (TPSA) is 69.6 Å². The minimum atomic E-state index is -0.839. The highest BCUT2D eigenvalue weighted by Gasteiger charge is 2.27. The van der Waals surface area contributed by atoms with Crippen LogP contribution in [0.15, 0.2) is 24.3 Å². The molecule has 0 bridgehead atoms. The van der Waals surface area contributed by atoms with Crippen LogP contribution in [-0.2, 0) is 11.3 Å². The first kappa shape index (κ1) is 14.7. The second-order valence-corrected chi connectivity index (χ2v) is 5.28. The molecule has 1 heterocycles. The van der Waals surface area contributed by atoms with Gasteiger partial charge in [0.05, 0.1) is 5.92 Å². The first-order valence-corrected chi connectivity index (χ1v) is 6.94. The van der Waals surface area contributed by atoms with Crippen molar-refractivity contribution in [1.82, 2.24) is 10.2 Å². The Balaban J connectivity index is 1.89. The van der Waals surface area contributed by atoms with Crippen molar-refractivity contribution in [3.05, 3.63) is 34.9 Å². The summed E-state index contributed by atoms with van der Waals surface area (Å²) in [6, 6.07) is 7.06. The summed E-state index contributed by atoms with van der Waals surface area (Å²) < 4.78 is 0. The minimum Gasteiger partial charge on any atom is -0.481 e. The van der Waals surface area contributed by atoms with Gasteiger partial charge in [-0.25, -0.2) is 4.79 Å². The number of amides is 2. The van der Waals surface area contributed by atoms with Crippen molar-refractivity contribution < 1.29 is 14.7 Å². The molecule has 5 nitrogen and oxygen atoms in total. The number of urea groups is 1. The molecule has 1 aromatic rings. The smallest absolute Gasteiger partial charge is 0.317 e. The third kappa shape index (κ3) is 3.63. The Kier molecular flexibility index (Phi) is 4.84. The zero-order valence-corrected chi connectivity index (χ0v) is 11.8. The fourth-order valence-corrected chi connectivity index (χ4v) is 2.49. The van der Waals surface area contributed by atoms with Crippen LogP contribution in [0.5, 0.6) is 0 Å². The Morgan fingerprint density at radius 2 is 2.15 bits per heavy atom. The first-order chi connectivity index (χ1) is 9.58. The molecule has 1 saturated heterocycles. The Morgan fingerprint density at radius 1 is 1.40 bits per heavy atom. The van der Waals surface area contributed by atoms with Gasteiger partial charge in [-0.1, -0.05) is 29.8 Å². The Hall–Kier alpha value is -1.75. The van der Waals surface area contributed by atoms with Gasteiger partial charge >= 0.3 is 12.0 Å². The van der Waals surface area contributed by atoms with Gasteiger partial charge < -0.3 is 15.3 Å². The first-order valence-electron chi connectivity index (χ1n) is 6.57. The molecule has 2 amide bonds. The second-order valence-electron chi connectivity index (χ2n) is 4.87. The van der Waals surface area contributed by atoms with Gasteiger partial charge in [-0.15, -0.1) is 0 Å². The summed E-state index contributed by atoms with van der Waals surface area (Å²) in [5.41, 5.74) is 0.842. The zero-order chi connectivity index (χ0) is 14.5. The fraction of sp³-hybridized carbons (Fsp3) is 0.429. The molecule has 1 aliphatic heterocycles. The largest absolute Gasteiger partial charge is 0.481 e. The van der Waals surface area contributed by atoms with E-state index in [1.807, 2.05) is 18.2 Å². The SMILES string of the molecule is O=C(O)C1CCCN(C(=O)NCc2ccccc2Cl)C1. The van der Waals surface area contributed by atoms with Crippen LogP contribution in [0.25, 0.3) is 0 Å². The number of nitrogens with zero attached hydrogens (tertiary/aromatic N) is 1. The van der Waals surface area contributed by atoms with Crippen LogP contribution < -0.4 is 5.32 Å². The van der Waals surface area contributed by atoms with Crippen LogP contribution >= 0.6 is 11.6 Å². The van der Waals surface area contributed by atoms with Gasteiger partial charge in [0.15, 0.2) is 0 Å². The van der Waals surface area contributed by atoms with E-state index >= 15 is 0 Å². The van der Waals surface area contributed by atoms with E-state index in [4.69, 9.17) is 16.7 Å². The number of hydrogen-bond donors (Lipinski definition) is 2. The number of carbonyl (C=O) groups excluding carboxylic acids is 1. The number of likely N-dealkylation sites (tertiary alicyclic amines) is 1. The maximum Gasteiger partial charge on any atom is 0.317 e. The van der Waals surface area contributed by atoms with E-state index < -0.39 is 11.9 Å². The summed E-state index contributed by atoms with van der Waals surface area (Å²) in [6.45, 7) is 1.20. The van der Waals surface area contributed by atoms with E-state index in [1.54, 1.807) is 11.0 Å². The number of carboxylic acid groups (broad SMARTS) is 1. The van der Waals surface area contributed by atoms with Crippen molar-refractivity contribution in [3.63, 3.8) is 0 Å². The molecule has 2 N–H and O–H groups in total. The maximum atomic E-state index is 12.0. The average Bonchev–Trinajstić information content (AvgIpc) is 2.46. The second kappa shape index (κ2) is 6.61. The lowest BCUT2D eigenvalue weighted by Crippen LogP contribution is -2.46. The van der Waals surface area contributed by atoms with E-state index in [0.717, 1.165) is 12.0 Å². The number of carbonyl (C=O) groups is 2. The molecule has 0 saturated carbocycles. The Bertz CT molecular complexity index is 507. The maximum absolute atomic E-state index is 12.0. The number of rotatable bonds is 3. The number of aliphatic carboxylic acids is 1. The van der Waals surface area contributed by atoms with Crippen molar-refractivity contribution in [2.75, 3.05) is 13.1 Å². The highest BCUT2D eigenvalue weighted by molar-refractivity contribution is 6.31. The number of carboxylic acids is 1. The lowest BCUT2D eigenvalue weighted by atomic mass is 9.99. The van der Waals surface area contributed by atoms with E-state index in [9.17, 15) is 9.59 Å². The van der Waals surface area contributed by atoms with Crippen molar-refractivity contribution in [1.29, 1.82) is 0 Å². The summed E-state index contributed by atoms with van der Waals surface area (Å²) in [4.78, 5) is 24.6. The molecule has 1 atom stereocenters. The average molecular weight is 297 g/mol. The standard InChI is InChI=1S/C14H17ClN2O3/c15-12-6-2-1-4-10(12)8-16-14(20)17-7-3-5-11(9-17)13(18)19/h1-2,4,6,11H,3,5,7-9H2,(H,16,20)(H,18,19). The van der Waals surface area contributed by atoms with Gasteiger partial charge in [0.25, 0.3) is 0 Å². The Labute approximate surface area is 122 Å². The lowest BCUT2D eigenvalue weighted by molar-refractivity contribution is -0.143. The number of piperidine rings is 1. The van der Waals surface area contributed by atoms with Gasteiger partial charge in [0.2, 0.25) is 0 Å². The highest BCUT2D eigenvalue weighted by Crippen LogP contribution is 2.17. The van der Waals surface area contributed by atoms with Crippen molar-refractivity contribution >= 4 is 23.6 Å². The predicted octanol–water partition coefficient (Wildman–Crippen LogP) is 2.35. The van der Waals surface area contributed by atoms with Crippen LogP contribution in [0.2, 0.25) is 5.02 Å². The van der Waals surface area contributed by atoms with E-state index in [1.165, 1.54) is 0 Å². The fourth-order valence-electron chi connectivity index (χ4n) is 2.29. The molecule has 2 rings (SSSR count). The van der Waals surface area contributed by atoms with Crippen LogP contribution in [0.4, 0.5) is 4.79 Å². The molecule has 0 radical (unpaired) electrons. The molecular weight excluding hydrogens is 280 g/mol. The monoisotopic (exact) mass is 296 g/mol. The van der Waals surface area contributed by atoms with E-state index in [2.05, 4.69) is 5.32 Å². The molecule has 0 spiro atoms. The molecule has 0 aliphatic carbocycles. The van der Waals surface area contributed by atoms with Crippen LogP contribution in [0, 0.1) is 5.92 Å². The van der Waals surface area contributed by atoms with E-state index in [-0.39, 0.29) is 12.6 Å². The molecule has 108 valence electrons. The molecular formula is C14H17ClN2O3.